The van der Waals surface area contributed by atoms with Gasteiger partial charge in [0, 0.05) is 14.1 Å². The van der Waals surface area contributed by atoms with Crippen LogP contribution in [0.25, 0.3) is 22.4 Å². The summed E-state index contributed by atoms with van der Waals surface area (Å²) in [5, 5.41) is 0. The highest BCUT2D eigenvalue weighted by molar-refractivity contribution is 5.80. The Hall–Kier alpha value is -2.88. The molecule has 2 aromatic carbocycles. The van der Waals surface area contributed by atoms with E-state index in [9.17, 15) is 9.59 Å². The fourth-order valence-electron chi connectivity index (χ4n) is 2.64. The van der Waals surface area contributed by atoms with Gasteiger partial charge in [0.1, 0.15) is 0 Å². The van der Waals surface area contributed by atoms with Crippen LogP contribution in [0.3, 0.4) is 0 Å². The summed E-state index contributed by atoms with van der Waals surface area (Å²) in [5.74, 6) is 0. The number of aromatic nitrogens is 2. The van der Waals surface area contributed by atoms with Gasteiger partial charge in [-0.1, -0.05) is 60.7 Å². The van der Waals surface area contributed by atoms with Gasteiger partial charge in [0.25, 0.3) is 5.56 Å². The van der Waals surface area contributed by atoms with Crippen molar-refractivity contribution in [2.75, 3.05) is 0 Å². The molecule has 110 valence electrons. The molecular formula is C18H16N2O2. The van der Waals surface area contributed by atoms with Gasteiger partial charge < -0.3 is 0 Å². The molecular weight excluding hydrogens is 276 g/mol. The van der Waals surface area contributed by atoms with E-state index >= 15 is 0 Å². The lowest BCUT2D eigenvalue weighted by Crippen LogP contribution is -2.38. The van der Waals surface area contributed by atoms with E-state index in [1.165, 1.54) is 11.6 Å². The first-order valence-electron chi connectivity index (χ1n) is 7.02. The minimum absolute atomic E-state index is 0.284. The molecule has 0 amide bonds. The van der Waals surface area contributed by atoms with Gasteiger partial charge in [-0.25, -0.2) is 4.79 Å². The van der Waals surface area contributed by atoms with Crippen LogP contribution in [0.15, 0.2) is 70.3 Å². The first-order valence-corrected chi connectivity index (χ1v) is 7.02. The molecule has 0 aliphatic heterocycles. The highest BCUT2D eigenvalue weighted by atomic mass is 16.2. The molecule has 0 bridgehead atoms. The zero-order valence-electron chi connectivity index (χ0n) is 12.5. The van der Waals surface area contributed by atoms with Crippen molar-refractivity contribution in [2.24, 2.45) is 14.1 Å². The SMILES string of the molecule is Cn1c(-c2ccccc2)c(-c2ccccc2)c(=O)n(C)c1=O. The van der Waals surface area contributed by atoms with Crippen molar-refractivity contribution in [3.05, 3.63) is 81.5 Å². The minimum Gasteiger partial charge on any atom is -0.296 e. The largest absolute Gasteiger partial charge is 0.330 e. The minimum atomic E-state index is -0.330. The van der Waals surface area contributed by atoms with Gasteiger partial charge in [-0.2, -0.15) is 0 Å². The second-order valence-electron chi connectivity index (χ2n) is 5.16. The van der Waals surface area contributed by atoms with E-state index in [0.717, 1.165) is 15.7 Å². The van der Waals surface area contributed by atoms with Crippen LogP contribution in [0.1, 0.15) is 0 Å². The van der Waals surface area contributed by atoms with E-state index in [4.69, 9.17) is 0 Å². The predicted octanol–water partition coefficient (Wildman–Crippen LogP) is 2.42. The standard InChI is InChI=1S/C18H16N2O2/c1-19-16(14-11-7-4-8-12-14)15(13-9-5-3-6-10-13)17(21)20(2)18(19)22/h3-12H,1-2H3. The van der Waals surface area contributed by atoms with Crippen molar-refractivity contribution < 1.29 is 0 Å². The Balaban J connectivity index is 2.48. The van der Waals surface area contributed by atoms with Crippen LogP contribution in [0.4, 0.5) is 0 Å². The molecule has 0 saturated heterocycles. The molecule has 0 radical (unpaired) electrons. The molecule has 0 saturated carbocycles. The highest BCUT2D eigenvalue weighted by Gasteiger charge is 2.18. The molecule has 0 fully saturated rings. The van der Waals surface area contributed by atoms with E-state index < -0.39 is 0 Å². The molecule has 0 N–H and O–H groups in total. The molecule has 22 heavy (non-hydrogen) atoms. The Morgan fingerprint density at radius 2 is 1.18 bits per heavy atom. The number of rotatable bonds is 2. The Bertz CT molecular complexity index is 923. The van der Waals surface area contributed by atoms with Gasteiger partial charge in [0.2, 0.25) is 0 Å². The van der Waals surface area contributed by atoms with Gasteiger partial charge in [0.05, 0.1) is 11.3 Å². The number of hydrogen-bond donors (Lipinski definition) is 0. The van der Waals surface area contributed by atoms with Gasteiger partial charge >= 0.3 is 5.69 Å². The van der Waals surface area contributed by atoms with Gasteiger partial charge in [-0.15, -0.1) is 0 Å². The highest BCUT2D eigenvalue weighted by Crippen LogP contribution is 2.27. The molecule has 0 aliphatic rings. The number of benzene rings is 2. The number of hydrogen-bond acceptors (Lipinski definition) is 2. The first-order chi connectivity index (χ1) is 10.6. The molecule has 4 nitrogen and oxygen atoms in total. The van der Waals surface area contributed by atoms with Crippen molar-refractivity contribution >= 4 is 0 Å². The summed E-state index contributed by atoms with van der Waals surface area (Å²) in [7, 11) is 3.20. The Kier molecular flexibility index (Phi) is 3.51. The molecule has 0 atom stereocenters. The van der Waals surface area contributed by atoms with E-state index in [2.05, 4.69) is 0 Å². The van der Waals surface area contributed by atoms with Crippen molar-refractivity contribution in [2.45, 2.75) is 0 Å². The van der Waals surface area contributed by atoms with Crippen LogP contribution in [-0.2, 0) is 14.1 Å². The summed E-state index contributed by atoms with van der Waals surface area (Å²) in [6.07, 6.45) is 0. The lowest BCUT2D eigenvalue weighted by molar-refractivity contribution is 0.694. The smallest absolute Gasteiger partial charge is 0.296 e. The predicted molar refractivity (Wildman–Crippen MR) is 87.8 cm³/mol. The summed E-state index contributed by atoms with van der Waals surface area (Å²) in [6, 6.07) is 18.9. The average Bonchev–Trinajstić information content (AvgIpc) is 2.57. The van der Waals surface area contributed by atoms with Crippen LogP contribution in [0.2, 0.25) is 0 Å². The Morgan fingerprint density at radius 1 is 0.682 bits per heavy atom. The summed E-state index contributed by atoms with van der Waals surface area (Å²) >= 11 is 0. The van der Waals surface area contributed by atoms with Crippen molar-refractivity contribution in [1.29, 1.82) is 0 Å². The number of nitrogens with zero attached hydrogens (tertiary/aromatic N) is 2. The van der Waals surface area contributed by atoms with Gasteiger partial charge in [0.15, 0.2) is 0 Å². The molecule has 0 spiro atoms. The second-order valence-corrected chi connectivity index (χ2v) is 5.16. The summed E-state index contributed by atoms with van der Waals surface area (Å²) in [4.78, 5) is 25.0. The third-order valence-electron chi connectivity index (χ3n) is 3.77. The monoisotopic (exact) mass is 292 g/mol. The molecule has 1 aromatic heterocycles. The zero-order chi connectivity index (χ0) is 15.7. The normalized spacial score (nSPS) is 10.6. The van der Waals surface area contributed by atoms with Crippen LogP contribution in [0, 0.1) is 0 Å². The Labute approximate surface area is 127 Å². The van der Waals surface area contributed by atoms with Crippen LogP contribution in [-0.4, -0.2) is 9.13 Å². The summed E-state index contributed by atoms with van der Waals surface area (Å²) < 4.78 is 2.67. The lowest BCUT2D eigenvalue weighted by Gasteiger charge is -2.15. The third-order valence-corrected chi connectivity index (χ3v) is 3.77. The van der Waals surface area contributed by atoms with Crippen LogP contribution >= 0.6 is 0 Å². The van der Waals surface area contributed by atoms with E-state index in [1.54, 1.807) is 7.05 Å². The molecule has 0 unspecified atom stereocenters. The fourth-order valence-corrected chi connectivity index (χ4v) is 2.64. The molecule has 3 aromatic rings. The van der Waals surface area contributed by atoms with E-state index in [-0.39, 0.29) is 11.2 Å². The quantitative estimate of drug-likeness (QED) is 0.728. The second kappa shape index (κ2) is 5.48. The van der Waals surface area contributed by atoms with Crippen molar-refractivity contribution in [3.63, 3.8) is 0 Å². The maximum absolute atomic E-state index is 12.7. The van der Waals surface area contributed by atoms with Crippen molar-refractivity contribution in [1.82, 2.24) is 9.13 Å². The lowest BCUT2D eigenvalue weighted by atomic mass is 10.00. The van der Waals surface area contributed by atoms with E-state index in [0.29, 0.717) is 11.3 Å². The maximum Gasteiger partial charge on any atom is 0.330 e. The fraction of sp³-hybridized carbons (Fsp3) is 0.111. The summed E-state index contributed by atoms with van der Waals surface area (Å²) in [6.45, 7) is 0. The van der Waals surface area contributed by atoms with Crippen LogP contribution < -0.4 is 11.2 Å². The third kappa shape index (κ3) is 2.19. The molecule has 0 aliphatic carbocycles. The topological polar surface area (TPSA) is 44.0 Å². The van der Waals surface area contributed by atoms with Gasteiger partial charge in [-0.3, -0.25) is 13.9 Å². The maximum atomic E-state index is 12.7. The molecule has 4 heteroatoms. The van der Waals surface area contributed by atoms with E-state index in [1.807, 2.05) is 60.7 Å². The average molecular weight is 292 g/mol. The van der Waals surface area contributed by atoms with Gasteiger partial charge in [-0.05, 0) is 11.1 Å². The van der Waals surface area contributed by atoms with Crippen molar-refractivity contribution in [3.8, 4) is 22.4 Å². The summed E-state index contributed by atoms with van der Waals surface area (Å²) in [5.41, 5.74) is 2.21. The first kappa shape index (κ1) is 14.1. The van der Waals surface area contributed by atoms with Crippen LogP contribution in [0.5, 0.6) is 0 Å². The zero-order valence-corrected chi connectivity index (χ0v) is 12.5. The molecule has 3 rings (SSSR count). The Morgan fingerprint density at radius 3 is 1.73 bits per heavy atom. The molecule has 1 heterocycles.